The quantitative estimate of drug-likeness (QED) is 0.518. The Morgan fingerprint density at radius 1 is 0.500 bits per heavy atom. The molecule has 0 bridgehead atoms. The Bertz CT molecular complexity index is 986. The van der Waals surface area contributed by atoms with Gasteiger partial charge in [0.1, 0.15) is 11.5 Å². The summed E-state index contributed by atoms with van der Waals surface area (Å²) in [7, 11) is 0. The monoisotopic (exact) mass is 339 g/mol. The van der Waals surface area contributed by atoms with Crippen molar-refractivity contribution in [2.45, 2.75) is 0 Å². The number of nitrogens with zero attached hydrogens (tertiary/aromatic N) is 1. The number of para-hydroxylation sites is 2. The molecule has 1 heterocycles. The second-order valence-corrected chi connectivity index (χ2v) is 6.02. The lowest BCUT2D eigenvalue weighted by atomic mass is 10.0. The zero-order valence-corrected chi connectivity index (χ0v) is 14.0. The van der Waals surface area contributed by atoms with Gasteiger partial charge in [-0.25, -0.2) is 4.98 Å². The van der Waals surface area contributed by atoms with Gasteiger partial charge >= 0.3 is 0 Å². The minimum absolute atomic E-state index is 0.208. The van der Waals surface area contributed by atoms with Crippen LogP contribution in [0.4, 0.5) is 0 Å². The van der Waals surface area contributed by atoms with Gasteiger partial charge in [0, 0.05) is 16.7 Å². The molecule has 3 heteroatoms. The van der Waals surface area contributed by atoms with E-state index in [9.17, 15) is 10.2 Å². The van der Waals surface area contributed by atoms with Crippen molar-refractivity contribution in [1.82, 2.24) is 4.98 Å². The minimum atomic E-state index is 0.208. The summed E-state index contributed by atoms with van der Waals surface area (Å²) in [6.45, 7) is 0. The summed E-state index contributed by atoms with van der Waals surface area (Å²) < 4.78 is 0. The summed E-state index contributed by atoms with van der Waals surface area (Å²) in [5.41, 5.74) is 4.88. The number of hydrogen-bond acceptors (Lipinski definition) is 3. The van der Waals surface area contributed by atoms with Crippen LogP contribution in [0.2, 0.25) is 0 Å². The summed E-state index contributed by atoms with van der Waals surface area (Å²) in [6, 6.07) is 28.1. The van der Waals surface area contributed by atoms with Crippen molar-refractivity contribution < 1.29 is 10.2 Å². The van der Waals surface area contributed by atoms with Gasteiger partial charge in [-0.05, 0) is 42.0 Å². The highest BCUT2D eigenvalue weighted by atomic mass is 16.3. The van der Waals surface area contributed by atoms with E-state index in [0.717, 1.165) is 22.4 Å². The molecule has 3 aromatic carbocycles. The molecule has 3 nitrogen and oxygen atoms in total. The molecule has 0 aliphatic rings. The second kappa shape index (κ2) is 6.73. The number of aromatic nitrogens is 1. The zero-order valence-electron chi connectivity index (χ0n) is 14.0. The Labute approximate surface area is 151 Å². The fourth-order valence-corrected chi connectivity index (χ4v) is 3.00. The van der Waals surface area contributed by atoms with Crippen LogP contribution in [0.25, 0.3) is 33.6 Å². The van der Waals surface area contributed by atoms with Crippen molar-refractivity contribution in [3.63, 3.8) is 0 Å². The summed E-state index contributed by atoms with van der Waals surface area (Å²) in [6.07, 6.45) is 0. The van der Waals surface area contributed by atoms with Crippen molar-refractivity contribution in [2.24, 2.45) is 0 Å². The average molecular weight is 339 g/mol. The molecule has 4 aromatic rings. The maximum Gasteiger partial charge on any atom is 0.124 e. The van der Waals surface area contributed by atoms with Gasteiger partial charge in [0.05, 0.1) is 11.4 Å². The number of benzene rings is 3. The molecule has 0 saturated carbocycles. The van der Waals surface area contributed by atoms with Crippen LogP contribution in [0.1, 0.15) is 0 Å². The molecule has 0 radical (unpaired) electrons. The maximum atomic E-state index is 10.1. The molecule has 2 N–H and O–H groups in total. The van der Waals surface area contributed by atoms with E-state index >= 15 is 0 Å². The van der Waals surface area contributed by atoms with Crippen LogP contribution in [0.5, 0.6) is 11.5 Å². The summed E-state index contributed by atoms with van der Waals surface area (Å²) >= 11 is 0. The molecule has 26 heavy (non-hydrogen) atoms. The molecular formula is C23H17NO2. The summed E-state index contributed by atoms with van der Waals surface area (Å²) in [4.78, 5) is 4.71. The third kappa shape index (κ3) is 3.03. The third-order valence-corrected chi connectivity index (χ3v) is 4.30. The van der Waals surface area contributed by atoms with Gasteiger partial charge < -0.3 is 10.2 Å². The van der Waals surface area contributed by atoms with Crippen LogP contribution in [0, 0.1) is 0 Å². The van der Waals surface area contributed by atoms with E-state index in [1.165, 1.54) is 0 Å². The smallest absolute Gasteiger partial charge is 0.124 e. The van der Waals surface area contributed by atoms with Crippen LogP contribution >= 0.6 is 0 Å². The second-order valence-electron chi connectivity index (χ2n) is 6.02. The highest BCUT2D eigenvalue weighted by Crippen LogP contribution is 2.33. The van der Waals surface area contributed by atoms with Gasteiger partial charge in [-0.15, -0.1) is 0 Å². The molecule has 126 valence electrons. The fourth-order valence-electron chi connectivity index (χ4n) is 3.00. The van der Waals surface area contributed by atoms with Gasteiger partial charge in [0.25, 0.3) is 0 Å². The van der Waals surface area contributed by atoms with Gasteiger partial charge in [-0.3, -0.25) is 0 Å². The molecule has 0 spiro atoms. The van der Waals surface area contributed by atoms with E-state index in [1.54, 1.807) is 24.3 Å². The molecule has 0 fully saturated rings. The van der Waals surface area contributed by atoms with Crippen LogP contribution in [0.3, 0.4) is 0 Å². The van der Waals surface area contributed by atoms with Crippen LogP contribution in [0.15, 0.2) is 91.0 Å². The summed E-state index contributed by atoms with van der Waals surface area (Å²) in [5.74, 6) is 0.459. The van der Waals surface area contributed by atoms with Crippen LogP contribution in [-0.2, 0) is 0 Å². The lowest BCUT2D eigenvalue weighted by molar-refractivity contribution is 0.476. The first-order valence-electron chi connectivity index (χ1n) is 8.36. The lowest BCUT2D eigenvalue weighted by Crippen LogP contribution is -1.89. The SMILES string of the molecule is Oc1ccccc1-c1cccc(-c2cccc(-c3ccccc3O)n2)c1. The molecule has 0 atom stereocenters. The van der Waals surface area contributed by atoms with Crippen molar-refractivity contribution in [3.05, 3.63) is 91.0 Å². The van der Waals surface area contributed by atoms with E-state index in [2.05, 4.69) is 0 Å². The Balaban J connectivity index is 1.78. The van der Waals surface area contributed by atoms with E-state index < -0.39 is 0 Å². The van der Waals surface area contributed by atoms with Gasteiger partial charge in [-0.1, -0.05) is 54.6 Å². The third-order valence-electron chi connectivity index (χ3n) is 4.30. The highest BCUT2D eigenvalue weighted by molar-refractivity contribution is 5.76. The van der Waals surface area contributed by atoms with Crippen molar-refractivity contribution in [2.75, 3.05) is 0 Å². The van der Waals surface area contributed by atoms with Crippen molar-refractivity contribution >= 4 is 0 Å². The minimum Gasteiger partial charge on any atom is -0.507 e. The van der Waals surface area contributed by atoms with E-state index in [1.807, 2.05) is 66.7 Å². The highest BCUT2D eigenvalue weighted by Gasteiger charge is 2.09. The Kier molecular flexibility index (Phi) is 4.12. The Hall–Kier alpha value is -3.59. The molecular weight excluding hydrogens is 322 g/mol. The van der Waals surface area contributed by atoms with E-state index in [-0.39, 0.29) is 11.5 Å². The number of phenols is 2. The number of pyridine rings is 1. The molecule has 4 rings (SSSR count). The number of rotatable bonds is 3. The van der Waals surface area contributed by atoms with Gasteiger partial charge in [0.2, 0.25) is 0 Å². The van der Waals surface area contributed by atoms with Crippen molar-refractivity contribution in [3.8, 4) is 45.1 Å². The standard InChI is InChI=1S/C23H17NO2/c25-22-13-3-1-9-18(22)16-7-5-8-17(15-16)20-11-6-12-21(24-20)19-10-2-4-14-23(19)26/h1-15,25-26H. The van der Waals surface area contributed by atoms with Crippen molar-refractivity contribution in [1.29, 1.82) is 0 Å². The zero-order chi connectivity index (χ0) is 17.9. The molecule has 0 aliphatic heterocycles. The first-order chi connectivity index (χ1) is 12.7. The largest absolute Gasteiger partial charge is 0.507 e. The van der Waals surface area contributed by atoms with Crippen LogP contribution in [-0.4, -0.2) is 15.2 Å². The Morgan fingerprint density at radius 3 is 1.81 bits per heavy atom. The fraction of sp³-hybridized carbons (Fsp3) is 0. The number of phenolic OH excluding ortho intramolecular Hbond substituents is 2. The predicted octanol–water partition coefficient (Wildman–Crippen LogP) is 5.49. The van der Waals surface area contributed by atoms with E-state index in [4.69, 9.17) is 4.98 Å². The number of hydrogen-bond donors (Lipinski definition) is 2. The van der Waals surface area contributed by atoms with Gasteiger partial charge in [0.15, 0.2) is 0 Å². The number of aromatic hydroxyl groups is 2. The van der Waals surface area contributed by atoms with Crippen LogP contribution < -0.4 is 0 Å². The normalized spacial score (nSPS) is 10.6. The predicted molar refractivity (Wildman–Crippen MR) is 104 cm³/mol. The van der Waals surface area contributed by atoms with E-state index in [0.29, 0.717) is 11.3 Å². The average Bonchev–Trinajstić information content (AvgIpc) is 2.69. The molecule has 0 unspecified atom stereocenters. The maximum absolute atomic E-state index is 10.1. The molecule has 0 saturated heterocycles. The first-order valence-corrected chi connectivity index (χ1v) is 8.36. The summed E-state index contributed by atoms with van der Waals surface area (Å²) in [5, 5.41) is 20.2. The molecule has 0 amide bonds. The first kappa shape index (κ1) is 15.9. The van der Waals surface area contributed by atoms with Gasteiger partial charge in [-0.2, -0.15) is 0 Å². The molecule has 0 aliphatic carbocycles. The lowest BCUT2D eigenvalue weighted by Gasteiger charge is -2.09. The molecule has 1 aromatic heterocycles. The topological polar surface area (TPSA) is 53.4 Å². The Morgan fingerprint density at radius 2 is 1.08 bits per heavy atom.